The predicted octanol–water partition coefficient (Wildman–Crippen LogP) is 1.68. The van der Waals surface area contributed by atoms with Crippen LogP contribution in [0, 0.1) is 6.92 Å². The molecule has 0 atom stereocenters. The van der Waals surface area contributed by atoms with E-state index in [-0.39, 0.29) is 11.4 Å². The average Bonchev–Trinajstić information content (AvgIpc) is 1.87. The fourth-order valence-corrected chi connectivity index (χ4v) is 0.477. The maximum absolute atomic E-state index is 11.1. The van der Waals surface area contributed by atoms with Crippen molar-refractivity contribution in [1.82, 2.24) is 5.32 Å². The van der Waals surface area contributed by atoms with Gasteiger partial charge in [0.2, 0.25) is 5.91 Å². The third-order valence-corrected chi connectivity index (χ3v) is 1.46. The largest absolute Gasteiger partial charge is 0.347 e. The predicted molar refractivity (Wildman–Crippen MR) is 47.0 cm³/mol. The van der Waals surface area contributed by atoms with Crippen LogP contribution in [0.15, 0.2) is 12.2 Å². The van der Waals surface area contributed by atoms with Crippen molar-refractivity contribution in [3.63, 3.8) is 0 Å². The Hall–Kier alpha value is -0.790. The number of amides is 1. The molecule has 2 nitrogen and oxygen atoms in total. The number of carbonyl (C=O) groups is 1. The van der Waals surface area contributed by atoms with E-state index in [0.717, 1.165) is 0 Å². The molecule has 0 bridgehead atoms. The fourth-order valence-electron chi connectivity index (χ4n) is 0.477. The van der Waals surface area contributed by atoms with E-state index in [4.69, 9.17) is 0 Å². The Kier molecular flexibility index (Phi) is 3.30. The van der Waals surface area contributed by atoms with Crippen LogP contribution in [-0.2, 0) is 4.79 Å². The van der Waals surface area contributed by atoms with Gasteiger partial charge in [0.1, 0.15) is 0 Å². The Labute approximate surface area is 68.7 Å². The minimum Gasteiger partial charge on any atom is -0.347 e. The number of nitrogens with one attached hydrogen (secondary N) is 1. The molecule has 1 radical (unpaired) electrons. The quantitative estimate of drug-likeness (QED) is 0.616. The molecular weight excluding hydrogens is 138 g/mol. The molecule has 2 heteroatoms. The molecule has 0 spiro atoms. The molecule has 0 rings (SSSR count). The Morgan fingerprint density at radius 3 is 2.27 bits per heavy atom. The van der Waals surface area contributed by atoms with Gasteiger partial charge in [0.25, 0.3) is 0 Å². The molecule has 0 unspecified atom stereocenters. The van der Waals surface area contributed by atoms with Gasteiger partial charge in [-0.3, -0.25) is 4.79 Å². The van der Waals surface area contributed by atoms with Crippen molar-refractivity contribution in [2.75, 3.05) is 0 Å². The van der Waals surface area contributed by atoms with E-state index in [1.165, 1.54) is 0 Å². The van der Waals surface area contributed by atoms with Crippen molar-refractivity contribution < 1.29 is 4.79 Å². The topological polar surface area (TPSA) is 29.1 Å². The van der Waals surface area contributed by atoms with Crippen LogP contribution in [0.1, 0.15) is 27.2 Å². The minimum atomic E-state index is -0.226. The number of hydrogen-bond donors (Lipinski definition) is 1. The lowest BCUT2D eigenvalue weighted by atomic mass is 10.0. The third kappa shape index (κ3) is 3.81. The van der Waals surface area contributed by atoms with Gasteiger partial charge in [0.15, 0.2) is 0 Å². The number of carbonyl (C=O) groups excluding carboxylic acids is 1. The lowest BCUT2D eigenvalue weighted by Crippen LogP contribution is -2.43. The van der Waals surface area contributed by atoms with Gasteiger partial charge in [0.05, 0.1) is 0 Å². The SMILES string of the molecule is [CH2]CC(C)(C)NC(=O)C(=C)C. The van der Waals surface area contributed by atoms with E-state index in [0.29, 0.717) is 12.0 Å². The second-order valence-corrected chi connectivity index (χ2v) is 3.37. The molecule has 63 valence electrons. The summed E-state index contributed by atoms with van der Waals surface area (Å²) in [6, 6.07) is 0. The average molecular weight is 154 g/mol. The second kappa shape index (κ2) is 3.56. The van der Waals surface area contributed by atoms with E-state index in [1.54, 1.807) is 6.92 Å². The molecular formula is C9H16NO. The van der Waals surface area contributed by atoms with Crippen LogP contribution in [-0.4, -0.2) is 11.4 Å². The highest BCUT2D eigenvalue weighted by Gasteiger charge is 2.17. The van der Waals surface area contributed by atoms with Crippen molar-refractivity contribution in [2.45, 2.75) is 32.7 Å². The lowest BCUT2D eigenvalue weighted by Gasteiger charge is -2.24. The van der Waals surface area contributed by atoms with Crippen molar-refractivity contribution in [2.24, 2.45) is 0 Å². The van der Waals surface area contributed by atoms with Gasteiger partial charge in [-0.05, 0) is 27.2 Å². The number of hydrogen-bond acceptors (Lipinski definition) is 1. The molecule has 0 aliphatic rings. The van der Waals surface area contributed by atoms with E-state index in [1.807, 2.05) is 13.8 Å². The number of rotatable bonds is 3. The zero-order valence-corrected chi connectivity index (χ0v) is 7.53. The van der Waals surface area contributed by atoms with Gasteiger partial charge in [-0.15, -0.1) is 0 Å². The van der Waals surface area contributed by atoms with Gasteiger partial charge in [0, 0.05) is 11.1 Å². The van der Waals surface area contributed by atoms with Crippen molar-refractivity contribution in [1.29, 1.82) is 0 Å². The van der Waals surface area contributed by atoms with Crippen molar-refractivity contribution in [3.05, 3.63) is 19.1 Å². The smallest absolute Gasteiger partial charge is 0.246 e. The Morgan fingerprint density at radius 2 is 2.00 bits per heavy atom. The first-order valence-corrected chi connectivity index (χ1v) is 3.66. The molecule has 0 heterocycles. The summed E-state index contributed by atoms with van der Waals surface area (Å²) in [6.07, 6.45) is 0.673. The van der Waals surface area contributed by atoms with Gasteiger partial charge in [-0.2, -0.15) is 0 Å². The summed E-state index contributed by atoms with van der Waals surface area (Å²) in [5, 5.41) is 2.80. The molecule has 0 fully saturated rings. The van der Waals surface area contributed by atoms with Gasteiger partial charge < -0.3 is 5.32 Å². The van der Waals surface area contributed by atoms with Crippen LogP contribution in [0.5, 0.6) is 0 Å². The van der Waals surface area contributed by atoms with E-state index in [9.17, 15) is 4.79 Å². The van der Waals surface area contributed by atoms with Gasteiger partial charge in [-0.1, -0.05) is 13.5 Å². The summed E-state index contributed by atoms with van der Waals surface area (Å²) in [5.41, 5.74) is 0.308. The molecule has 0 saturated carbocycles. The maximum atomic E-state index is 11.1. The monoisotopic (exact) mass is 154 g/mol. The summed E-state index contributed by atoms with van der Waals surface area (Å²) in [4.78, 5) is 11.1. The normalized spacial score (nSPS) is 10.9. The summed E-state index contributed by atoms with van der Waals surface area (Å²) >= 11 is 0. The first kappa shape index (κ1) is 10.2. The second-order valence-electron chi connectivity index (χ2n) is 3.37. The Balaban J connectivity index is 4.04. The van der Waals surface area contributed by atoms with Crippen molar-refractivity contribution >= 4 is 5.91 Å². The minimum absolute atomic E-state index is 0.0985. The molecule has 1 amide bonds. The fraction of sp³-hybridized carbons (Fsp3) is 0.556. The lowest BCUT2D eigenvalue weighted by molar-refractivity contribution is -0.118. The summed E-state index contributed by atoms with van der Waals surface area (Å²) in [5.74, 6) is -0.0985. The molecule has 0 aliphatic heterocycles. The van der Waals surface area contributed by atoms with Crippen LogP contribution in [0.2, 0.25) is 0 Å². The molecule has 0 aliphatic carbocycles. The zero-order chi connectivity index (χ0) is 9.07. The van der Waals surface area contributed by atoms with E-state index in [2.05, 4.69) is 18.8 Å². The van der Waals surface area contributed by atoms with Crippen molar-refractivity contribution in [3.8, 4) is 0 Å². The van der Waals surface area contributed by atoms with Crippen LogP contribution in [0.3, 0.4) is 0 Å². The van der Waals surface area contributed by atoms with Gasteiger partial charge >= 0.3 is 0 Å². The molecule has 0 aromatic rings. The highest BCUT2D eigenvalue weighted by molar-refractivity contribution is 5.92. The maximum Gasteiger partial charge on any atom is 0.246 e. The summed E-state index contributed by atoms with van der Waals surface area (Å²) in [6.45, 7) is 12.8. The van der Waals surface area contributed by atoms with Crippen LogP contribution < -0.4 is 5.32 Å². The van der Waals surface area contributed by atoms with E-state index < -0.39 is 0 Å². The highest BCUT2D eigenvalue weighted by atomic mass is 16.1. The third-order valence-electron chi connectivity index (χ3n) is 1.46. The van der Waals surface area contributed by atoms with Crippen LogP contribution >= 0.6 is 0 Å². The van der Waals surface area contributed by atoms with Crippen LogP contribution in [0.25, 0.3) is 0 Å². The highest BCUT2D eigenvalue weighted by Crippen LogP contribution is 2.07. The first-order valence-electron chi connectivity index (χ1n) is 3.66. The van der Waals surface area contributed by atoms with E-state index >= 15 is 0 Å². The van der Waals surface area contributed by atoms with Crippen LogP contribution in [0.4, 0.5) is 0 Å². The Bertz CT molecular complexity index is 170. The van der Waals surface area contributed by atoms with Gasteiger partial charge in [-0.25, -0.2) is 0 Å². The Morgan fingerprint density at radius 1 is 1.55 bits per heavy atom. The zero-order valence-electron chi connectivity index (χ0n) is 7.53. The molecule has 0 aromatic carbocycles. The summed E-state index contributed by atoms with van der Waals surface area (Å²) < 4.78 is 0. The molecule has 0 aromatic heterocycles. The molecule has 1 N–H and O–H groups in total. The summed E-state index contributed by atoms with van der Waals surface area (Å²) in [7, 11) is 0. The molecule has 0 saturated heterocycles. The molecule has 11 heavy (non-hydrogen) atoms. The first-order chi connectivity index (χ1) is 4.89. The standard InChI is InChI=1S/C9H16NO/c1-6-9(4,5)10-8(11)7(2)3/h1-2,6H2,3-5H3,(H,10,11).